The average molecular weight is 472 g/mol. The van der Waals surface area contributed by atoms with Crippen molar-refractivity contribution in [3.8, 4) is 5.75 Å². The van der Waals surface area contributed by atoms with Crippen LogP contribution in [0.4, 0.5) is 11.5 Å². The van der Waals surface area contributed by atoms with Crippen LogP contribution in [0.1, 0.15) is 32.6 Å². The molecule has 5 N–H and O–H groups in total. The second kappa shape index (κ2) is 13.4. The fourth-order valence-electron chi connectivity index (χ4n) is 2.96. The van der Waals surface area contributed by atoms with Gasteiger partial charge in [-0.05, 0) is 49.7 Å². The number of carbonyl (C=O) groups excluding carboxylic acids is 3. The quantitative estimate of drug-likeness (QED) is 0.238. The summed E-state index contributed by atoms with van der Waals surface area (Å²) in [6, 6.07) is 11.8. The number of aliphatic carboxylic acids is 1. The fraction of sp³-hybridized carbons (Fsp3) is 0.348. The van der Waals surface area contributed by atoms with Crippen molar-refractivity contribution in [3.05, 3.63) is 48.7 Å². The van der Waals surface area contributed by atoms with Crippen molar-refractivity contribution in [3.63, 3.8) is 0 Å². The zero-order valence-electron chi connectivity index (χ0n) is 18.9. The highest BCUT2D eigenvalue weighted by Gasteiger charge is 2.27. The van der Waals surface area contributed by atoms with Gasteiger partial charge in [-0.2, -0.15) is 0 Å². The Kier molecular flexibility index (Phi) is 10.3. The Morgan fingerprint density at radius 1 is 1.09 bits per heavy atom. The molecule has 0 aliphatic rings. The monoisotopic (exact) mass is 471 g/mol. The molecule has 0 fully saturated rings. The lowest BCUT2D eigenvalue weighted by Crippen LogP contribution is -2.53. The molecule has 2 rings (SSSR count). The molecule has 0 saturated heterocycles. The van der Waals surface area contributed by atoms with Gasteiger partial charge in [0, 0.05) is 37.7 Å². The lowest BCUT2D eigenvalue weighted by molar-refractivity contribution is -0.137. The summed E-state index contributed by atoms with van der Waals surface area (Å²) in [5.41, 5.74) is 5.65. The predicted molar refractivity (Wildman–Crippen MR) is 125 cm³/mol. The summed E-state index contributed by atoms with van der Waals surface area (Å²) >= 11 is 0. The lowest BCUT2D eigenvalue weighted by Gasteiger charge is -2.27. The molecular formula is C23H29N5O6. The zero-order valence-corrected chi connectivity index (χ0v) is 18.9. The minimum absolute atomic E-state index is 0.0169. The third kappa shape index (κ3) is 8.77. The van der Waals surface area contributed by atoms with E-state index in [0.29, 0.717) is 30.2 Å². The number of carbonyl (C=O) groups is 4. The van der Waals surface area contributed by atoms with Gasteiger partial charge in [-0.3, -0.25) is 24.1 Å². The number of primary amides is 1. The Morgan fingerprint density at radius 2 is 1.82 bits per heavy atom. The van der Waals surface area contributed by atoms with Crippen molar-refractivity contribution in [1.82, 2.24) is 10.3 Å². The number of nitrogens with two attached hydrogens (primary N) is 1. The number of likely N-dealkylation sites (N-methyl/N-ethyl adjacent to an activating group) is 1. The van der Waals surface area contributed by atoms with Crippen LogP contribution < -0.4 is 26.0 Å². The Labute approximate surface area is 197 Å². The molecule has 0 radical (unpaired) electrons. The topological polar surface area (TPSA) is 164 Å². The summed E-state index contributed by atoms with van der Waals surface area (Å²) in [6.07, 6.45) is 0.531. The number of carboxylic acid groups (broad SMARTS) is 1. The van der Waals surface area contributed by atoms with Gasteiger partial charge in [-0.1, -0.05) is 6.07 Å². The number of pyridine rings is 1. The number of nitrogens with one attached hydrogen (secondary N) is 2. The molecule has 0 aliphatic heterocycles. The molecule has 1 heterocycles. The van der Waals surface area contributed by atoms with Crippen LogP contribution in [0.25, 0.3) is 0 Å². The summed E-state index contributed by atoms with van der Waals surface area (Å²) in [6.45, 7) is 2.36. The van der Waals surface area contributed by atoms with Gasteiger partial charge in [0.2, 0.25) is 11.8 Å². The number of amides is 3. The van der Waals surface area contributed by atoms with Crippen molar-refractivity contribution >= 4 is 35.2 Å². The minimum Gasteiger partial charge on any atom is -0.494 e. The van der Waals surface area contributed by atoms with E-state index >= 15 is 0 Å². The normalized spacial score (nSPS) is 11.2. The van der Waals surface area contributed by atoms with Gasteiger partial charge in [-0.15, -0.1) is 0 Å². The Balaban J connectivity index is 2.12. The van der Waals surface area contributed by atoms with Crippen LogP contribution in [0.3, 0.4) is 0 Å². The molecule has 2 aromatic rings. The van der Waals surface area contributed by atoms with E-state index < -0.39 is 29.9 Å². The van der Waals surface area contributed by atoms with Crippen LogP contribution in [0.15, 0.2) is 48.7 Å². The summed E-state index contributed by atoms with van der Waals surface area (Å²) < 4.78 is 5.51. The van der Waals surface area contributed by atoms with Crippen LogP contribution in [-0.4, -0.2) is 53.1 Å². The van der Waals surface area contributed by atoms with E-state index in [1.54, 1.807) is 55.6 Å². The lowest BCUT2D eigenvalue weighted by atomic mass is 10.2. The van der Waals surface area contributed by atoms with Gasteiger partial charge in [0.25, 0.3) is 5.91 Å². The molecule has 1 aromatic carbocycles. The number of rotatable bonds is 14. The third-order valence-electron chi connectivity index (χ3n) is 4.63. The SMILES string of the molecule is CCN(C(=O)C(NC(=O)CCC(N)=O)Nc1ccc(OCCCC(=O)O)cc1)c1ccccn1. The Bertz CT molecular complexity index is 968. The van der Waals surface area contributed by atoms with Crippen molar-refractivity contribution in [1.29, 1.82) is 0 Å². The first kappa shape index (κ1) is 26.1. The Hall–Kier alpha value is -4.15. The zero-order chi connectivity index (χ0) is 24.9. The average Bonchev–Trinajstić information content (AvgIpc) is 2.82. The Morgan fingerprint density at radius 3 is 2.41 bits per heavy atom. The minimum atomic E-state index is -1.13. The first-order valence-electron chi connectivity index (χ1n) is 10.8. The van der Waals surface area contributed by atoms with Crippen LogP contribution in [0, 0.1) is 0 Å². The predicted octanol–water partition coefficient (Wildman–Crippen LogP) is 1.50. The van der Waals surface area contributed by atoms with Crippen LogP contribution in [0.5, 0.6) is 5.75 Å². The molecule has 1 unspecified atom stereocenters. The largest absolute Gasteiger partial charge is 0.494 e. The third-order valence-corrected chi connectivity index (χ3v) is 4.63. The van der Waals surface area contributed by atoms with E-state index in [2.05, 4.69) is 15.6 Å². The maximum Gasteiger partial charge on any atom is 0.303 e. The number of aromatic nitrogens is 1. The second-order valence-corrected chi connectivity index (χ2v) is 7.25. The molecule has 0 bridgehead atoms. The van der Waals surface area contributed by atoms with E-state index in [1.165, 1.54) is 4.90 Å². The summed E-state index contributed by atoms with van der Waals surface area (Å²) in [4.78, 5) is 52.9. The first-order valence-corrected chi connectivity index (χ1v) is 10.8. The molecule has 0 spiro atoms. The molecule has 11 nitrogen and oxygen atoms in total. The summed E-state index contributed by atoms with van der Waals surface area (Å²) in [5.74, 6) is -1.49. The molecule has 11 heteroatoms. The highest BCUT2D eigenvalue weighted by atomic mass is 16.5. The van der Waals surface area contributed by atoms with Gasteiger partial charge in [0.15, 0.2) is 6.17 Å². The molecular weight excluding hydrogens is 442 g/mol. The van der Waals surface area contributed by atoms with E-state index in [4.69, 9.17) is 15.6 Å². The summed E-state index contributed by atoms with van der Waals surface area (Å²) in [7, 11) is 0. The maximum absolute atomic E-state index is 13.3. The number of carboxylic acids is 1. The highest BCUT2D eigenvalue weighted by molar-refractivity contribution is 6.00. The van der Waals surface area contributed by atoms with Gasteiger partial charge in [0.05, 0.1) is 6.61 Å². The van der Waals surface area contributed by atoms with Gasteiger partial charge < -0.3 is 26.2 Å². The molecule has 34 heavy (non-hydrogen) atoms. The highest BCUT2D eigenvalue weighted by Crippen LogP contribution is 2.18. The molecule has 0 saturated carbocycles. The van der Waals surface area contributed by atoms with E-state index in [0.717, 1.165) is 0 Å². The number of ether oxygens (including phenoxy) is 1. The number of nitrogens with zero attached hydrogens (tertiary/aromatic N) is 2. The van der Waals surface area contributed by atoms with E-state index in [-0.39, 0.29) is 25.9 Å². The maximum atomic E-state index is 13.3. The van der Waals surface area contributed by atoms with E-state index in [1.807, 2.05) is 0 Å². The van der Waals surface area contributed by atoms with Gasteiger partial charge >= 0.3 is 5.97 Å². The number of benzene rings is 1. The van der Waals surface area contributed by atoms with Crippen molar-refractivity contribution < 1.29 is 29.0 Å². The van der Waals surface area contributed by atoms with Crippen LogP contribution in [-0.2, 0) is 19.2 Å². The van der Waals surface area contributed by atoms with E-state index in [9.17, 15) is 19.2 Å². The van der Waals surface area contributed by atoms with Crippen molar-refractivity contribution in [2.24, 2.45) is 5.73 Å². The number of hydrogen-bond donors (Lipinski definition) is 4. The van der Waals surface area contributed by atoms with Crippen LogP contribution in [0.2, 0.25) is 0 Å². The second-order valence-electron chi connectivity index (χ2n) is 7.25. The number of anilines is 2. The van der Waals surface area contributed by atoms with Crippen molar-refractivity contribution in [2.75, 3.05) is 23.4 Å². The smallest absolute Gasteiger partial charge is 0.303 e. The molecule has 3 amide bonds. The first-order chi connectivity index (χ1) is 16.3. The molecule has 182 valence electrons. The van der Waals surface area contributed by atoms with Crippen LogP contribution >= 0.6 is 0 Å². The van der Waals surface area contributed by atoms with Crippen molar-refractivity contribution in [2.45, 2.75) is 38.8 Å². The molecule has 0 aliphatic carbocycles. The molecule has 1 atom stereocenters. The van der Waals surface area contributed by atoms with Gasteiger partial charge in [0.1, 0.15) is 11.6 Å². The number of hydrogen-bond acceptors (Lipinski definition) is 7. The standard InChI is InChI=1S/C23H29N5O6/c1-2-28(19-6-3-4-14-25-19)23(33)22(27-20(30)13-12-18(24)29)26-16-8-10-17(11-9-16)34-15-5-7-21(31)32/h3-4,6,8-11,14,22,26H,2,5,7,12-13,15H2,1H3,(H2,24,29)(H,27,30)(H,31,32). The molecule has 1 aromatic heterocycles. The van der Waals surface area contributed by atoms with Gasteiger partial charge in [-0.25, -0.2) is 4.98 Å². The fourth-order valence-corrected chi connectivity index (χ4v) is 2.96. The summed E-state index contributed by atoms with van der Waals surface area (Å²) in [5, 5.41) is 14.3.